The number of benzene rings is 1. The first-order chi connectivity index (χ1) is 11.3. The summed E-state index contributed by atoms with van der Waals surface area (Å²) in [7, 11) is 3.07. The molecule has 0 aliphatic heterocycles. The smallest absolute Gasteiger partial charge is 0.417 e. The van der Waals surface area contributed by atoms with Gasteiger partial charge in [-0.1, -0.05) is 0 Å². The number of anilines is 1. The van der Waals surface area contributed by atoms with Crippen LogP contribution in [0.4, 0.5) is 19.0 Å². The molecule has 1 N–H and O–H groups in total. The first-order valence-corrected chi connectivity index (χ1v) is 6.90. The van der Waals surface area contributed by atoms with Crippen molar-refractivity contribution in [2.75, 3.05) is 19.6 Å². The lowest BCUT2D eigenvalue weighted by atomic mass is 10.1. The van der Waals surface area contributed by atoms with E-state index in [1.54, 1.807) is 19.2 Å². The quantitative estimate of drug-likeness (QED) is 0.664. The van der Waals surface area contributed by atoms with E-state index in [1.807, 2.05) is 6.92 Å². The van der Waals surface area contributed by atoms with E-state index in [0.29, 0.717) is 11.5 Å². The molecule has 0 spiro atoms. The summed E-state index contributed by atoms with van der Waals surface area (Å²) in [4.78, 5) is 3.67. The van der Waals surface area contributed by atoms with Crippen LogP contribution in [0.1, 0.15) is 16.7 Å². The van der Waals surface area contributed by atoms with Gasteiger partial charge in [-0.15, -0.1) is 0 Å². The van der Waals surface area contributed by atoms with Crippen molar-refractivity contribution in [3.8, 4) is 11.5 Å². The second-order valence-electron chi connectivity index (χ2n) is 4.86. The van der Waals surface area contributed by atoms with Crippen LogP contribution < -0.4 is 14.9 Å². The lowest BCUT2D eigenvalue weighted by Gasteiger charge is -2.10. The van der Waals surface area contributed by atoms with Crippen molar-refractivity contribution >= 4 is 12.0 Å². The Bertz CT molecular complexity index is 729. The van der Waals surface area contributed by atoms with Gasteiger partial charge in [-0.25, -0.2) is 4.98 Å². The maximum Gasteiger partial charge on any atom is 0.417 e. The molecule has 2 aromatic rings. The zero-order valence-electron chi connectivity index (χ0n) is 13.3. The Morgan fingerprint density at radius 2 is 1.79 bits per heavy atom. The minimum Gasteiger partial charge on any atom is -0.493 e. The van der Waals surface area contributed by atoms with Crippen molar-refractivity contribution in [2.24, 2.45) is 5.10 Å². The molecule has 0 radical (unpaired) electrons. The Balaban J connectivity index is 2.12. The van der Waals surface area contributed by atoms with E-state index in [4.69, 9.17) is 9.47 Å². The molecule has 1 aromatic carbocycles. The minimum absolute atomic E-state index is 0.206. The average Bonchev–Trinajstić information content (AvgIpc) is 2.55. The van der Waals surface area contributed by atoms with Crippen molar-refractivity contribution < 1.29 is 22.6 Å². The summed E-state index contributed by atoms with van der Waals surface area (Å²) in [6, 6.07) is 5.70. The van der Waals surface area contributed by atoms with Gasteiger partial charge in [0, 0.05) is 11.8 Å². The molecular weight excluding hydrogens is 323 g/mol. The van der Waals surface area contributed by atoms with Gasteiger partial charge in [0.15, 0.2) is 11.5 Å². The number of aromatic nitrogens is 1. The lowest BCUT2D eigenvalue weighted by molar-refractivity contribution is -0.137. The second-order valence-corrected chi connectivity index (χ2v) is 4.86. The number of pyridine rings is 1. The average molecular weight is 339 g/mol. The number of ether oxygens (including phenoxy) is 2. The summed E-state index contributed by atoms with van der Waals surface area (Å²) in [5.74, 6) is 1.36. The van der Waals surface area contributed by atoms with E-state index in [1.165, 1.54) is 19.4 Å². The van der Waals surface area contributed by atoms with Crippen LogP contribution in [0.2, 0.25) is 0 Å². The third-order valence-electron chi connectivity index (χ3n) is 3.25. The number of rotatable bonds is 5. The van der Waals surface area contributed by atoms with Gasteiger partial charge in [-0.05, 0) is 36.8 Å². The molecule has 0 saturated carbocycles. The Morgan fingerprint density at radius 1 is 1.12 bits per heavy atom. The highest BCUT2D eigenvalue weighted by Gasteiger charge is 2.30. The topological polar surface area (TPSA) is 55.7 Å². The number of hydrogen-bond acceptors (Lipinski definition) is 5. The number of aryl methyl sites for hydroxylation is 1. The largest absolute Gasteiger partial charge is 0.493 e. The third kappa shape index (κ3) is 4.15. The highest BCUT2D eigenvalue weighted by atomic mass is 19.4. The van der Waals surface area contributed by atoms with E-state index in [2.05, 4.69) is 15.5 Å². The number of alkyl halides is 3. The molecular formula is C16H16F3N3O2. The lowest BCUT2D eigenvalue weighted by Crippen LogP contribution is -2.05. The van der Waals surface area contributed by atoms with Gasteiger partial charge in [-0.2, -0.15) is 18.3 Å². The van der Waals surface area contributed by atoms with Crippen LogP contribution in [0.25, 0.3) is 0 Å². The van der Waals surface area contributed by atoms with Crippen molar-refractivity contribution in [3.63, 3.8) is 0 Å². The Morgan fingerprint density at radius 3 is 2.33 bits per heavy atom. The normalized spacial score (nSPS) is 11.6. The number of hydrazone groups is 1. The number of hydrogen-bond donors (Lipinski definition) is 1. The van der Waals surface area contributed by atoms with Gasteiger partial charge in [0.05, 0.1) is 26.0 Å². The summed E-state index contributed by atoms with van der Waals surface area (Å²) in [6.45, 7) is 1.87. The first kappa shape index (κ1) is 17.6. The van der Waals surface area contributed by atoms with E-state index >= 15 is 0 Å². The second kappa shape index (κ2) is 7.20. The van der Waals surface area contributed by atoms with Crippen molar-refractivity contribution in [2.45, 2.75) is 13.1 Å². The van der Waals surface area contributed by atoms with Crippen LogP contribution in [0.3, 0.4) is 0 Å². The van der Waals surface area contributed by atoms with Gasteiger partial charge in [0.1, 0.15) is 5.82 Å². The van der Waals surface area contributed by atoms with Crippen LogP contribution in [0, 0.1) is 6.92 Å². The summed E-state index contributed by atoms with van der Waals surface area (Å²) in [5, 5.41) is 3.98. The summed E-state index contributed by atoms with van der Waals surface area (Å²) in [6.07, 6.45) is -2.14. The number of nitrogens with one attached hydrogen (secondary N) is 1. The molecule has 0 amide bonds. The maximum absolute atomic E-state index is 12.5. The van der Waals surface area contributed by atoms with E-state index < -0.39 is 11.7 Å². The Hall–Kier alpha value is -2.77. The molecule has 1 aromatic heterocycles. The van der Waals surface area contributed by atoms with Crippen LogP contribution in [-0.2, 0) is 6.18 Å². The third-order valence-corrected chi connectivity index (χ3v) is 3.25. The van der Waals surface area contributed by atoms with E-state index in [0.717, 1.165) is 23.4 Å². The SMILES string of the molecule is COc1cc(C)c(/C=N/Nc2ccc(C(F)(F)F)cn2)cc1OC. The molecule has 0 fully saturated rings. The molecule has 0 aliphatic rings. The summed E-state index contributed by atoms with van der Waals surface area (Å²) < 4.78 is 47.8. The number of methoxy groups -OCH3 is 2. The van der Waals surface area contributed by atoms with Crippen LogP contribution in [0.5, 0.6) is 11.5 Å². The fourth-order valence-corrected chi connectivity index (χ4v) is 1.93. The molecule has 0 atom stereocenters. The summed E-state index contributed by atoms with van der Waals surface area (Å²) >= 11 is 0. The molecule has 24 heavy (non-hydrogen) atoms. The standard InChI is InChI=1S/C16H16F3N3O2/c1-10-6-13(23-2)14(24-3)7-11(10)8-21-22-15-5-4-12(9-20-15)16(17,18)19/h4-9H,1-3H3,(H,20,22)/b21-8+. The van der Waals surface area contributed by atoms with Gasteiger partial charge >= 0.3 is 6.18 Å². The predicted molar refractivity (Wildman–Crippen MR) is 84.7 cm³/mol. The highest BCUT2D eigenvalue weighted by molar-refractivity contribution is 5.83. The van der Waals surface area contributed by atoms with Gasteiger partial charge < -0.3 is 9.47 Å². The molecule has 1 heterocycles. The van der Waals surface area contributed by atoms with Crippen molar-refractivity contribution in [1.29, 1.82) is 0 Å². The molecule has 0 aliphatic carbocycles. The fourth-order valence-electron chi connectivity index (χ4n) is 1.93. The zero-order chi connectivity index (χ0) is 17.7. The minimum atomic E-state index is -4.41. The number of halogens is 3. The van der Waals surface area contributed by atoms with E-state index in [-0.39, 0.29) is 5.82 Å². The van der Waals surface area contributed by atoms with E-state index in [9.17, 15) is 13.2 Å². The first-order valence-electron chi connectivity index (χ1n) is 6.90. The van der Waals surface area contributed by atoms with Crippen molar-refractivity contribution in [3.05, 3.63) is 47.2 Å². The molecule has 0 saturated heterocycles. The molecule has 5 nitrogen and oxygen atoms in total. The predicted octanol–water partition coefficient (Wildman–Crippen LogP) is 3.87. The zero-order valence-corrected chi connectivity index (χ0v) is 13.3. The molecule has 8 heteroatoms. The van der Waals surface area contributed by atoms with Crippen LogP contribution in [-0.4, -0.2) is 25.4 Å². The highest BCUT2D eigenvalue weighted by Crippen LogP contribution is 2.30. The van der Waals surface area contributed by atoms with Gasteiger partial charge in [0.25, 0.3) is 0 Å². The number of nitrogens with zero attached hydrogens (tertiary/aromatic N) is 2. The van der Waals surface area contributed by atoms with Crippen molar-refractivity contribution in [1.82, 2.24) is 4.98 Å². The molecule has 128 valence electrons. The monoisotopic (exact) mass is 339 g/mol. The van der Waals surface area contributed by atoms with Gasteiger partial charge in [-0.3, -0.25) is 5.43 Å². The summed E-state index contributed by atoms with van der Waals surface area (Å²) in [5.41, 5.74) is 3.44. The van der Waals surface area contributed by atoms with Gasteiger partial charge in [0.2, 0.25) is 0 Å². The Kier molecular flexibility index (Phi) is 5.28. The maximum atomic E-state index is 12.5. The fraction of sp³-hybridized carbons (Fsp3) is 0.250. The molecule has 2 rings (SSSR count). The van der Waals surface area contributed by atoms with Crippen LogP contribution in [0.15, 0.2) is 35.6 Å². The Labute approximate surface area is 137 Å². The molecule has 0 bridgehead atoms. The molecule has 0 unspecified atom stereocenters. The van der Waals surface area contributed by atoms with Crippen LogP contribution >= 0.6 is 0 Å².